The number of hydrogen-bond donors (Lipinski definition) is 1. The monoisotopic (exact) mass is 562 g/mol. The molecule has 0 aliphatic carbocycles. The predicted octanol–water partition coefficient (Wildman–Crippen LogP) is 8.10. The number of rotatable bonds is 17. The number of nitrogens with zero attached hydrogens (tertiary/aromatic N) is 3. The standard InChI is InChI=1S/C32H42N4O5/c1-4-6-8-10-12-14-24-21-34-31(35-22-24)25-15-17-26(18-16-25)41-32(37)27-19-28(33)30(20-29(27)36(38)39)40-23(3)13-11-9-7-5-2/h15-23H,4-14,33H2,1-3H3. The van der Waals surface area contributed by atoms with Crippen molar-refractivity contribution in [1.29, 1.82) is 0 Å². The summed E-state index contributed by atoms with van der Waals surface area (Å²) in [5.74, 6) is 0.102. The molecule has 2 N–H and O–H groups in total. The number of carbonyl (C=O) groups excluding carboxylic acids is 1. The highest BCUT2D eigenvalue weighted by Crippen LogP contribution is 2.33. The molecule has 3 aromatic rings. The van der Waals surface area contributed by atoms with Gasteiger partial charge < -0.3 is 15.2 Å². The summed E-state index contributed by atoms with van der Waals surface area (Å²) in [6, 6.07) is 9.13. The fraction of sp³-hybridized carbons (Fsp3) is 0.469. The average molecular weight is 563 g/mol. The Morgan fingerprint density at radius 3 is 2.22 bits per heavy atom. The van der Waals surface area contributed by atoms with Crippen molar-refractivity contribution in [2.75, 3.05) is 5.73 Å². The van der Waals surface area contributed by atoms with E-state index in [0.717, 1.165) is 56.1 Å². The molecule has 0 bridgehead atoms. The van der Waals surface area contributed by atoms with Gasteiger partial charge in [-0.15, -0.1) is 0 Å². The molecule has 0 saturated carbocycles. The zero-order valence-electron chi connectivity index (χ0n) is 24.4. The molecule has 1 aromatic heterocycles. The highest BCUT2D eigenvalue weighted by molar-refractivity contribution is 5.97. The third-order valence-electron chi connectivity index (χ3n) is 6.93. The number of unbranched alkanes of at least 4 members (excludes halogenated alkanes) is 7. The Hall–Kier alpha value is -4.01. The largest absolute Gasteiger partial charge is 0.488 e. The molecule has 41 heavy (non-hydrogen) atoms. The van der Waals surface area contributed by atoms with Crippen LogP contribution in [0.1, 0.15) is 101 Å². The van der Waals surface area contributed by atoms with Crippen molar-refractivity contribution in [2.24, 2.45) is 0 Å². The van der Waals surface area contributed by atoms with Crippen LogP contribution in [-0.4, -0.2) is 27.0 Å². The van der Waals surface area contributed by atoms with Crippen LogP contribution < -0.4 is 15.2 Å². The van der Waals surface area contributed by atoms with Gasteiger partial charge in [0.25, 0.3) is 5.69 Å². The number of aromatic nitrogens is 2. The van der Waals surface area contributed by atoms with Crippen LogP contribution in [-0.2, 0) is 6.42 Å². The van der Waals surface area contributed by atoms with E-state index in [9.17, 15) is 14.9 Å². The third-order valence-corrected chi connectivity index (χ3v) is 6.93. The molecule has 0 aliphatic heterocycles. The van der Waals surface area contributed by atoms with Crippen molar-refractivity contribution in [1.82, 2.24) is 9.97 Å². The van der Waals surface area contributed by atoms with E-state index in [1.165, 1.54) is 37.8 Å². The van der Waals surface area contributed by atoms with Crippen molar-refractivity contribution in [3.63, 3.8) is 0 Å². The lowest BCUT2D eigenvalue weighted by atomic mass is 10.1. The molecule has 1 heterocycles. The molecule has 1 atom stereocenters. The van der Waals surface area contributed by atoms with Crippen molar-refractivity contribution in [3.8, 4) is 22.9 Å². The van der Waals surface area contributed by atoms with Crippen molar-refractivity contribution in [3.05, 3.63) is 70.0 Å². The number of nitrogens with two attached hydrogens (primary N) is 1. The molecule has 2 aromatic carbocycles. The van der Waals surface area contributed by atoms with Gasteiger partial charge in [0.05, 0.1) is 22.8 Å². The highest BCUT2D eigenvalue weighted by Gasteiger charge is 2.26. The number of nitrogen functional groups attached to an aromatic ring is 1. The lowest BCUT2D eigenvalue weighted by molar-refractivity contribution is -0.385. The van der Waals surface area contributed by atoms with Crippen LogP contribution in [0.15, 0.2) is 48.8 Å². The Morgan fingerprint density at radius 2 is 1.59 bits per heavy atom. The zero-order chi connectivity index (χ0) is 29.6. The molecule has 0 saturated heterocycles. The maximum absolute atomic E-state index is 12.9. The zero-order valence-corrected chi connectivity index (χ0v) is 24.4. The van der Waals surface area contributed by atoms with E-state index in [0.29, 0.717) is 5.82 Å². The van der Waals surface area contributed by atoms with Crippen molar-refractivity contribution < 1.29 is 19.2 Å². The van der Waals surface area contributed by atoms with Crippen molar-refractivity contribution >= 4 is 17.3 Å². The summed E-state index contributed by atoms with van der Waals surface area (Å²) in [4.78, 5) is 33.0. The SMILES string of the molecule is CCCCCCCc1cnc(-c2ccc(OC(=O)c3cc(N)c(OC(C)CCCCCC)cc3[N+](=O)[O-])cc2)nc1. The van der Waals surface area contributed by atoms with Gasteiger partial charge >= 0.3 is 5.97 Å². The summed E-state index contributed by atoms with van der Waals surface area (Å²) in [5, 5.41) is 11.8. The van der Waals surface area contributed by atoms with Gasteiger partial charge in [-0.1, -0.05) is 58.8 Å². The van der Waals surface area contributed by atoms with E-state index in [2.05, 4.69) is 23.8 Å². The average Bonchev–Trinajstić information content (AvgIpc) is 2.96. The number of nitro groups is 1. The van der Waals surface area contributed by atoms with Gasteiger partial charge in [-0.05, 0) is 68.5 Å². The molecule has 9 heteroatoms. The summed E-state index contributed by atoms with van der Waals surface area (Å²) in [5.41, 5.74) is 7.46. The van der Waals surface area contributed by atoms with E-state index in [1.54, 1.807) is 24.3 Å². The number of benzene rings is 2. The summed E-state index contributed by atoms with van der Waals surface area (Å²) in [7, 11) is 0. The number of anilines is 1. The first-order valence-corrected chi connectivity index (χ1v) is 14.7. The molecule has 0 fully saturated rings. The molecular formula is C32H42N4O5. The number of esters is 1. The molecule has 0 radical (unpaired) electrons. The van der Waals surface area contributed by atoms with Crippen LogP contribution in [0.2, 0.25) is 0 Å². The van der Waals surface area contributed by atoms with E-state index in [-0.39, 0.29) is 28.9 Å². The Morgan fingerprint density at radius 1 is 0.951 bits per heavy atom. The van der Waals surface area contributed by atoms with Crippen LogP contribution in [0, 0.1) is 10.1 Å². The van der Waals surface area contributed by atoms with E-state index >= 15 is 0 Å². The summed E-state index contributed by atoms with van der Waals surface area (Å²) in [6.45, 7) is 6.25. The minimum absolute atomic E-state index is 0.139. The summed E-state index contributed by atoms with van der Waals surface area (Å²) < 4.78 is 11.3. The summed E-state index contributed by atoms with van der Waals surface area (Å²) >= 11 is 0. The Bertz CT molecular complexity index is 1260. The molecule has 220 valence electrons. The maximum atomic E-state index is 12.9. The molecule has 3 rings (SSSR count). The molecule has 1 unspecified atom stereocenters. The first-order chi connectivity index (χ1) is 19.8. The second-order valence-corrected chi connectivity index (χ2v) is 10.4. The first kappa shape index (κ1) is 31.5. The predicted molar refractivity (Wildman–Crippen MR) is 161 cm³/mol. The number of aryl methyl sites for hydroxylation is 1. The van der Waals surface area contributed by atoms with Crippen LogP contribution >= 0.6 is 0 Å². The first-order valence-electron chi connectivity index (χ1n) is 14.7. The smallest absolute Gasteiger partial charge is 0.350 e. The van der Waals surface area contributed by atoms with Gasteiger partial charge in [-0.3, -0.25) is 10.1 Å². The Kier molecular flexibility index (Phi) is 12.5. The van der Waals surface area contributed by atoms with Gasteiger partial charge in [0.2, 0.25) is 0 Å². The number of hydrogen-bond acceptors (Lipinski definition) is 8. The second-order valence-electron chi connectivity index (χ2n) is 10.4. The number of nitro benzene ring substituents is 1. The minimum Gasteiger partial charge on any atom is -0.488 e. The van der Waals surface area contributed by atoms with Crippen LogP contribution in [0.3, 0.4) is 0 Å². The number of carbonyl (C=O) groups is 1. The van der Waals surface area contributed by atoms with Gasteiger partial charge in [-0.25, -0.2) is 14.8 Å². The fourth-order valence-corrected chi connectivity index (χ4v) is 4.54. The van der Waals surface area contributed by atoms with Gasteiger partial charge in [0.15, 0.2) is 5.82 Å². The van der Waals surface area contributed by atoms with Crippen LogP contribution in [0.4, 0.5) is 11.4 Å². The lowest BCUT2D eigenvalue weighted by Gasteiger charge is -2.17. The van der Waals surface area contributed by atoms with Gasteiger partial charge in [0.1, 0.15) is 17.1 Å². The molecule has 9 nitrogen and oxygen atoms in total. The normalized spacial score (nSPS) is 11.7. The topological polar surface area (TPSA) is 130 Å². The van der Waals surface area contributed by atoms with E-state index in [4.69, 9.17) is 15.2 Å². The van der Waals surface area contributed by atoms with Gasteiger partial charge in [0, 0.05) is 18.0 Å². The van der Waals surface area contributed by atoms with E-state index < -0.39 is 16.6 Å². The molecule has 0 aliphatic rings. The Labute approximate surface area is 242 Å². The van der Waals surface area contributed by atoms with Gasteiger partial charge in [-0.2, -0.15) is 0 Å². The fourth-order valence-electron chi connectivity index (χ4n) is 4.54. The lowest BCUT2D eigenvalue weighted by Crippen LogP contribution is -2.15. The maximum Gasteiger partial charge on any atom is 0.350 e. The van der Waals surface area contributed by atoms with E-state index in [1.807, 2.05) is 19.3 Å². The van der Waals surface area contributed by atoms with Crippen molar-refractivity contribution in [2.45, 2.75) is 97.5 Å². The summed E-state index contributed by atoms with van der Waals surface area (Å²) in [6.07, 6.45) is 15.8. The van der Waals surface area contributed by atoms with Crippen LogP contribution in [0.25, 0.3) is 11.4 Å². The second kappa shape index (κ2) is 16.3. The third kappa shape index (κ3) is 9.84. The minimum atomic E-state index is -0.880. The number of ether oxygens (including phenoxy) is 2. The molecule has 0 spiro atoms. The Balaban J connectivity index is 1.63. The quantitative estimate of drug-likeness (QED) is 0.0436. The molecular weight excluding hydrogens is 520 g/mol. The highest BCUT2D eigenvalue weighted by atomic mass is 16.6. The molecule has 0 amide bonds. The van der Waals surface area contributed by atoms with Crippen LogP contribution in [0.5, 0.6) is 11.5 Å².